The van der Waals surface area contributed by atoms with Gasteiger partial charge in [-0.25, -0.2) is 0 Å². The molecule has 4 rings (SSSR count). The topological polar surface area (TPSA) is 83.6 Å². The molecule has 0 saturated heterocycles. The molecule has 0 radical (unpaired) electrons. The van der Waals surface area contributed by atoms with Crippen molar-refractivity contribution in [3.8, 4) is 16.8 Å². The summed E-state index contributed by atoms with van der Waals surface area (Å²) in [4.78, 5) is 14.9. The first-order valence-electron chi connectivity index (χ1n) is 9.65. The Kier molecular flexibility index (Phi) is 6.33. The number of hydrogen-bond acceptors (Lipinski definition) is 7. The van der Waals surface area contributed by atoms with Gasteiger partial charge >= 0.3 is 0 Å². The molecule has 3 aromatic rings. The molecule has 0 saturated carbocycles. The van der Waals surface area contributed by atoms with Gasteiger partial charge in [-0.2, -0.15) is 5.26 Å². The molecule has 1 aliphatic rings. The van der Waals surface area contributed by atoms with E-state index in [1.807, 2.05) is 29.0 Å². The van der Waals surface area contributed by atoms with Crippen LogP contribution < -0.4 is 5.32 Å². The molecule has 0 atom stereocenters. The molecule has 3 heterocycles. The summed E-state index contributed by atoms with van der Waals surface area (Å²) >= 11 is 4.56. The predicted molar refractivity (Wildman–Crippen MR) is 119 cm³/mol. The quantitative estimate of drug-likeness (QED) is 0.430. The van der Waals surface area contributed by atoms with Crippen molar-refractivity contribution in [2.45, 2.75) is 50.7 Å². The van der Waals surface area contributed by atoms with Gasteiger partial charge in [-0.15, -0.1) is 32.9 Å². The van der Waals surface area contributed by atoms with Gasteiger partial charge in [0, 0.05) is 11.4 Å². The Bertz CT molecular complexity index is 1050. The van der Waals surface area contributed by atoms with E-state index in [4.69, 9.17) is 0 Å². The number of aryl methyl sites for hydroxylation is 1. The van der Waals surface area contributed by atoms with Gasteiger partial charge in [-0.05, 0) is 49.6 Å². The highest BCUT2D eigenvalue weighted by atomic mass is 32.2. The lowest BCUT2D eigenvalue weighted by atomic mass is 10.1. The third kappa shape index (κ3) is 4.25. The predicted octanol–water partition coefficient (Wildman–Crippen LogP) is 4.96. The maximum Gasteiger partial charge on any atom is 0.235 e. The molecule has 0 aliphatic heterocycles. The second-order valence-electron chi connectivity index (χ2n) is 6.74. The van der Waals surface area contributed by atoms with Gasteiger partial charge in [0.05, 0.1) is 16.2 Å². The highest BCUT2D eigenvalue weighted by molar-refractivity contribution is 7.99. The van der Waals surface area contributed by atoms with E-state index in [1.165, 1.54) is 23.1 Å². The number of carbonyl (C=O) groups excluding carboxylic acids is 1. The summed E-state index contributed by atoms with van der Waals surface area (Å²) in [5, 5.41) is 24.6. The maximum atomic E-state index is 12.6. The largest absolute Gasteiger partial charge is 0.316 e. The van der Waals surface area contributed by atoms with Crippen LogP contribution >= 0.6 is 34.4 Å². The highest BCUT2D eigenvalue weighted by Crippen LogP contribution is 2.37. The molecule has 0 spiro atoms. The monoisotopic (exact) mass is 443 g/mol. The van der Waals surface area contributed by atoms with Crippen molar-refractivity contribution in [3.05, 3.63) is 33.5 Å². The van der Waals surface area contributed by atoms with Crippen LogP contribution in [0, 0.1) is 11.3 Å². The number of fused-ring (bicyclic) bond motifs is 1. The zero-order valence-corrected chi connectivity index (χ0v) is 18.6. The van der Waals surface area contributed by atoms with Crippen LogP contribution in [0.25, 0.3) is 10.7 Å². The van der Waals surface area contributed by atoms with Crippen molar-refractivity contribution < 1.29 is 4.79 Å². The van der Waals surface area contributed by atoms with E-state index in [0.717, 1.165) is 53.6 Å². The van der Waals surface area contributed by atoms with Crippen LogP contribution in [0.5, 0.6) is 0 Å². The second-order valence-corrected chi connectivity index (χ2v) is 9.74. The summed E-state index contributed by atoms with van der Waals surface area (Å²) in [7, 11) is 0. The van der Waals surface area contributed by atoms with Gasteiger partial charge in [0.2, 0.25) is 5.91 Å². The second kappa shape index (κ2) is 9.11. The molecule has 3 aromatic heterocycles. The molecular formula is C20H21N5OS3. The number of nitriles is 1. The Hall–Kier alpha value is -2.15. The third-order valence-electron chi connectivity index (χ3n) is 4.89. The molecule has 0 aromatic carbocycles. The van der Waals surface area contributed by atoms with E-state index < -0.39 is 0 Å². The number of thiophene rings is 2. The van der Waals surface area contributed by atoms with Crippen LogP contribution in [0.1, 0.15) is 42.2 Å². The van der Waals surface area contributed by atoms with E-state index in [0.29, 0.717) is 10.6 Å². The lowest BCUT2D eigenvalue weighted by molar-refractivity contribution is -0.113. The van der Waals surface area contributed by atoms with Gasteiger partial charge in [0.25, 0.3) is 0 Å². The first-order chi connectivity index (χ1) is 14.2. The lowest BCUT2D eigenvalue weighted by Gasteiger charge is -2.06. The summed E-state index contributed by atoms with van der Waals surface area (Å²) in [6.45, 7) is 2.78. The molecule has 0 bridgehead atoms. The van der Waals surface area contributed by atoms with Crippen LogP contribution in [0.3, 0.4) is 0 Å². The Morgan fingerprint density at radius 2 is 2.21 bits per heavy atom. The van der Waals surface area contributed by atoms with Gasteiger partial charge < -0.3 is 9.88 Å². The number of anilines is 1. The minimum Gasteiger partial charge on any atom is -0.316 e. The number of carbonyl (C=O) groups is 1. The van der Waals surface area contributed by atoms with Gasteiger partial charge in [0.1, 0.15) is 11.1 Å². The van der Waals surface area contributed by atoms with Crippen LogP contribution in [0.4, 0.5) is 5.00 Å². The molecule has 1 aliphatic carbocycles. The molecular weight excluding hydrogens is 422 g/mol. The minimum atomic E-state index is -0.119. The minimum absolute atomic E-state index is 0.119. The number of rotatable bonds is 6. The van der Waals surface area contributed by atoms with Crippen molar-refractivity contribution in [3.63, 3.8) is 0 Å². The van der Waals surface area contributed by atoms with Gasteiger partial charge in [-0.1, -0.05) is 24.2 Å². The number of amides is 1. The van der Waals surface area contributed by atoms with E-state index >= 15 is 0 Å². The van der Waals surface area contributed by atoms with E-state index in [1.54, 1.807) is 22.7 Å². The van der Waals surface area contributed by atoms with Crippen LogP contribution in [0.2, 0.25) is 0 Å². The summed E-state index contributed by atoms with van der Waals surface area (Å²) < 4.78 is 2.03. The molecule has 0 fully saturated rings. The Morgan fingerprint density at radius 3 is 2.97 bits per heavy atom. The highest BCUT2D eigenvalue weighted by Gasteiger charge is 2.21. The fourth-order valence-electron chi connectivity index (χ4n) is 3.51. The van der Waals surface area contributed by atoms with Crippen molar-refractivity contribution in [2.24, 2.45) is 0 Å². The van der Waals surface area contributed by atoms with Crippen LogP contribution in [0.15, 0.2) is 22.7 Å². The zero-order chi connectivity index (χ0) is 20.2. The molecule has 1 amide bonds. The maximum absolute atomic E-state index is 12.6. The van der Waals surface area contributed by atoms with E-state index in [-0.39, 0.29) is 11.7 Å². The van der Waals surface area contributed by atoms with Crippen molar-refractivity contribution in [1.29, 1.82) is 5.26 Å². The normalized spacial score (nSPS) is 13.5. The standard InChI is InChI=1S/C20H21N5OS3/c1-2-25-18(16-9-6-10-27-16)23-24-20(25)28-12-17(26)22-19-14(11-21)13-7-4-3-5-8-15(13)29-19/h6,9-10H,2-5,7-8,12H2,1H3,(H,22,26). The summed E-state index contributed by atoms with van der Waals surface area (Å²) in [6, 6.07) is 6.32. The first-order valence-corrected chi connectivity index (χ1v) is 12.3. The van der Waals surface area contributed by atoms with Crippen molar-refractivity contribution in [2.75, 3.05) is 11.1 Å². The van der Waals surface area contributed by atoms with Gasteiger partial charge in [-0.3, -0.25) is 4.79 Å². The van der Waals surface area contributed by atoms with Crippen molar-refractivity contribution in [1.82, 2.24) is 14.8 Å². The smallest absolute Gasteiger partial charge is 0.235 e. The average molecular weight is 444 g/mol. The van der Waals surface area contributed by atoms with Gasteiger partial charge in [0.15, 0.2) is 11.0 Å². The summed E-state index contributed by atoms with van der Waals surface area (Å²) in [6.07, 6.45) is 5.41. The molecule has 150 valence electrons. The van der Waals surface area contributed by atoms with E-state index in [9.17, 15) is 10.1 Å². The molecule has 9 heteroatoms. The Labute approximate surface area is 182 Å². The zero-order valence-electron chi connectivity index (χ0n) is 16.1. The molecule has 29 heavy (non-hydrogen) atoms. The number of hydrogen-bond donors (Lipinski definition) is 1. The Balaban J connectivity index is 1.45. The number of nitrogens with one attached hydrogen (secondary N) is 1. The lowest BCUT2D eigenvalue weighted by Crippen LogP contribution is -2.14. The fraction of sp³-hybridized carbons (Fsp3) is 0.400. The summed E-state index contributed by atoms with van der Waals surface area (Å²) in [5.74, 6) is 0.945. The Morgan fingerprint density at radius 1 is 1.34 bits per heavy atom. The SMILES string of the molecule is CCn1c(SCC(=O)Nc2sc3c(c2C#N)CCCCC3)nnc1-c1cccs1. The average Bonchev–Trinajstić information content (AvgIpc) is 3.41. The third-order valence-corrected chi connectivity index (χ3v) is 7.93. The number of aromatic nitrogens is 3. The fourth-order valence-corrected chi connectivity index (χ4v) is 6.29. The molecule has 1 N–H and O–H groups in total. The van der Waals surface area contributed by atoms with E-state index in [2.05, 4.69) is 21.6 Å². The summed E-state index contributed by atoms with van der Waals surface area (Å²) in [5.41, 5.74) is 1.80. The first kappa shape index (κ1) is 20.1. The number of thioether (sulfide) groups is 1. The van der Waals surface area contributed by atoms with Crippen LogP contribution in [-0.2, 0) is 24.2 Å². The van der Waals surface area contributed by atoms with Crippen LogP contribution in [-0.4, -0.2) is 26.4 Å². The molecule has 6 nitrogen and oxygen atoms in total. The van der Waals surface area contributed by atoms with Crippen molar-refractivity contribution >= 4 is 45.3 Å². The molecule has 0 unspecified atom stereocenters. The number of nitrogens with zero attached hydrogens (tertiary/aromatic N) is 4.